The molecule has 1 unspecified atom stereocenters. The summed E-state index contributed by atoms with van der Waals surface area (Å²) in [6, 6.07) is 5.05. The number of nitrogens with one attached hydrogen (secondary N) is 2. The van der Waals surface area contributed by atoms with Gasteiger partial charge in [0.05, 0.1) is 7.11 Å². The van der Waals surface area contributed by atoms with Crippen molar-refractivity contribution >= 4 is 17.8 Å². The number of ether oxygens (including phenoxy) is 1. The van der Waals surface area contributed by atoms with Crippen molar-refractivity contribution in [1.29, 1.82) is 0 Å². The summed E-state index contributed by atoms with van der Waals surface area (Å²) in [6.07, 6.45) is 2.30. The zero-order valence-electron chi connectivity index (χ0n) is 14.7. The van der Waals surface area contributed by atoms with E-state index in [2.05, 4.69) is 10.6 Å². The fraction of sp³-hybridized carbons (Fsp3) is 0.500. The first-order valence-electron chi connectivity index (χ1n) is 8.50. The van der Waals surface area contributed by atoms with Gasteiger partial charge in [-0.1, -0.05) is 13.0 Å². The third-order valence-corrected chi connectivity index (χ3v) is 4.84. The van der Waals surface area contributed by atoms with Crippen LogP contribution in [0.3, 0.4) is 0 Å². The molecule has 1 aromatic carbocycles. The molecule has 3 rings (SSSR count). The van der Waals surface area contributed by atoms with Crippen LogP contribution in [0.1, 0.15) is 37.3 Å². The second-order valence-corrected chi connectivity index (χ2v) is 6.61. The Balaban J connectivity index is 1.85. The van der Waals surface area contributed by atoms with Crippen molar-refractivity contribution in [3.8, 4) is 5.75 Å². The smallest absolute Gasteiger partial charge is 0.325 e. The maximum atomic E-state index is 13.0. The highest BCUT2D eigenvalue weighted by atomic mass is 16.5. The number of hydrogen-bond donors (Lipinski definition) is 2. The predicted octanol–water partition coefficient (Wildman–Crippen LogP) is 1.44. The lowest BCUT2D eigenvalue weighted by Gasteiger charge is -2.26. The first kappa shape index (κ1) is 17.3. The van der Waals surface area contributed by atoms with Crippen LogP contribution >= 0.6 is 0 Å². The number of urea groups is 1. The molecular weight excluding hydrogens is 322 g/mol. The normalized spacial score (nSPS) is 22.8. The van der Waals surface area contributed by atoms with E-state index in [9.17, 15) is 14.4 Å². The number of imide groups is 1. The Labute approximate surface area is 146 Å². The van der Waals surface area contributed by atoms with Crippen molar-refractivity contribution in [2.24, 2.45) is 0 Å². The molecule has 0 spiro atoms. The molecule has 4 amide bonds. The fourth-order valence-electron chi connectivity index (χ4n) is 3.20. The van der Waals surface area contributed by atoms with E-state index >= 15 is 0 Å². The average molecular weight is 345 g/mol. The second-order valence-electron chi connectivity index (χ2n) is 6.61. The van der Waals surface area contributed by atoms with E-state index in [1.54, 1.807) is 19.2 Å². The molecule has 2 N–H and O–H groups in total. The highest BCUT2D eigenvalue weighted by molar-refractivity contribution is 6.09. The number of aryl methyl sites for hydroxylation is 1. The summed E-state index contributed by atoms with van der Waals surface area (Å²) in [5.41, 5.74) is 0.421. The van der Waals surface area contributed by atoms with Gasteiger partial charge in [-0.3, -0.25) is 14.5 Å². The Hall–Kier alpha value is -2.57. The minimum Gasteiger partial charge on any atom is -0.496 e. The van der Waals surface area contributed by atoms with Gasteiger partial charge in [-0.05, 0) is 49.4 Å². The number of amides is 4. The number of carbonyl (C=O) groups excluding carboxylic acids is 3. The third kappa shape index (κ3) is 3.06. The molecule has 0 bridgehead atoms. The summed E-state index contributed by atoms with van der Waals surface area (Å²) >= 11 is 0. The monoisotopic (exact) mass is 345 g/mol. The summed E-state index contributed by atoms with van der Waals surface area (Å²) in [5, 5.41) is 5.59. The minimum absolute atomic E-state index is 0.188. The Morgan fingerprint density at radius 1 is 1.40 bits per heavy atom. The summed E-state index contributed by atoms with van der Waals surface area (Å²) < 4.78 is 5.26. The van der Waals surface area contributed by atoms with Crippen LogP contribution in [-0.4, -0.2) is 42.4 Å². The van der Waals surface area contributed by atoms with Gasteiger partial charge in [0.1, 0.15) is 17.8 Å². The summed E-state index contributed by atoms with van der Waals surface area (Å²) in [4.78, 5) is 38.4. The Morgan fingerprint density at radius 3 is 2.68 bits per heavy atom. The van der Waals surface area contributed by atoms with E-state index in [1.165, 1.54) is 0 Å². The van der Waals surface area contributed by atoms with Gasteiger partial charge in [-0.25, -0.2) is 4.79 Å². The van der Waals surface area contributed by atoms with Crippen LogP contribution in [0.25, 0.3) is 0 Å². The molecule has 0 radical (unpaired) electrons. The molecular formula is C18H23N3O4. The van der Waals surface area contributed by atoms with E-state index in [0.717, 1.165) is 23.3 Å². The molecule has 1 aromatic rings. The Morgan fingerprint density at radius 2 is 2.12 bits per heavy atom. The minimum atomic E-state index is -1.14. The first-order chi connectivity index (χ1) is 11.9. The summed E-state index contributed by atoms with van der Waals surface area (Å²) in [5.74, 6) is 0.0202. The Bertz CT molecular complexity index is 729. The number of nitrogens with zero attached hydrogens (tertiary/aromatic N) is 1. The SMILES string of the molecule is CCC1(c2ccc(OC)c(C)c2)NC(=O)N(CC(=O)NC2CC2)C1=O. The van der Waals surface area contributed by atoms with Gasteiger partial charge >= 0.3 is 6.03 Å². The van der Waals surface area contributed by atoms with E-state index in [-0.39, 0.29) is 18.5 Å². The first-order valence-corrected chi connectivity index (χ1v) is 8.50. The molecule has 7 heteroatoms. The fourth-order valence-corrected chi connectivity index (χ4v) is 3.20. The van der Waals surface area contributed by atoms with Crippen LogP contribution in [0.15, 0.2) is 18.2 Å². The number of hydrogen-bond acceptors (Lipinski definition) is 4. The number of carbonyl (C=O) groups is 3. The topological polar surface area (TPSA) is 87.7 Å². The van der Waals surface area contributed by atoms with Crippen LogP contribution < -0.4 is 15.4 Å². The van der Waals surface area contributed by atoms with Crippen molar-refractivity contribution < 1.29 is 19.1 Å². The van der Waals surface area contributed by atoms with Crippen LogP contribution in [-0.2, 0) is 15.1 Å². The lowest BCUT2D eigenvalue weighted by atomic mass is 9.86. The van der Waals surface area contributed by atoms with Gasteiger partial charge in [-0.2, -0.15) is 0 Å². The van der Waals surface area contributed by atoms with E-state index in [4.69, 9.17) is 4.74 Å². The van der Waals surface area contributed by atoms with Crippen molar-refractivity contribution in [3.05, 3.63) is 29.3 Å². The van der Waals surface area contributed by atoms with Gasteiger partial charge in [0.25, 0.3) is 5.91 Å². The molecule has 1 aliphatic carbocycles. The van der Waals surface area contributed by atoms with Gasteiger partial charge < -0.3 is 15.4 Å². The molecule has 134 valence electrons. The maximum absolute atomic E-state index is 13.0. The van der Waals surface area contributed by atoms with Crippen molar-refractivity contribution in [1.82, 2.24) is 15.5 Å². The molecule has 1 saturated carbocycles. The van der Waals surface area contributed by atoms with Crippen molar-refractivity contribution in [2.45, 2.75) is 44.7 Å². The molecule has 7 nitrogen and oxygen atoms in total. The van der Waals surface area contributed by atoms with E-state index in [0.29, 0.717) is 17.7 Å². The van der Waals surface area contributed by atoms with Crippen molar-refractivity contribution in [2.75, 3.05) is 13.7 Å². The number of rotatable bonds is 6. The van der Waals surface area contributed by atoms with Crippen LogP contribution in [0, 0.1) is 6.92 Å². The molecule has 1 aliphatic heterocycles. The zero-order chi connectivity index (χ0) is 18.2. The van der Waals surface area contributed by atoms with Gasteiger partial charge in [0.2, 0.25) is 5.91 Å². The molecule has 2 fully saturated rings. The molecule has 2 aliphatic rings. The number of methoxy groups -OCH3 is 1. The third-order valence-electron chi connectivity index (χ3n) is 4.84. The zero-order valence-corrected chi connectivity index (χ0v) is 14.7. The number of benzene rings is 1. The van der Waals surface area contributed by atoms with Gasteiger partial charge in [0, 0.05) is 6.04 Å². The van der Waals surface area contributed by atoms with Gasteiger partial charge in [-0.15, -0.1) is 0 Å². The predicted molar refractivity (Wildman–Crippen MR) is 91.1 cm³/mol. The highest BCUT2D eigenvalue weighted by Crippen LogP contribution is 2.34. The highest BCUT2D eigenvalue weighted by Gasteiger charge is 2.51. The lowest BCUT2D eigenvalue weighted by Crippen LogP contribution is -2.45. The molecule has 0 aromatic heterocycles. The molecule has 1 heterocycles. The average Bonchev–Trinajstić information content (AvgIpc) is 3.36. The second kappa shape index (κ2) is 6.38. The summed E-state index contributed by atoms with van der Waals surface area (Å²) in [6.45, 7) is 3.47. The standard InChI is InChI=1S/C18H23N3O4/c1-4-18(12-5-8-14(25-3)11(2)9-12)16(23)21(17(24)20-18)10-15(22)19-13-6-7-13/h5,8-9,13H,4,6-7,10H2,1-3H3,(H,19,22)(H,20,24). The largest absolute Gasteiger partial charge is 0.496 e. The Kier molecular flexibility index (Phi) is 4.41. The summed E-state index contributed by atoms with van der Waals surface area (Å²) in [7, 11) is 1.58. The van der Waals surface area contributed by atoms with Crippen LogP contribution in [0.5, 0.6) is 5.75 Å². The van der Waals surface area contributed by atoms with Crippen LogP contribution in [0.2, 0.25) is 0 Å². The molecule has 1 atom stereocenters. The van der Waals surface area contributed by atoms with Crippen LogP contribution in [0.4, 0.5) is 4.79 Å². The van der Waals surface area contributed by atoms with E-state index < -0.39 is 17.5 Å². The maximum Gasteiger partial charge on any atom is 0.325 e. The molecule has 25 heavy (non-hydrogen) atoms. The lowest BCUT2D eigenvalue weighted by molar-refractivity contribution is -0.135. The van der Waals surface area contributed by atoms with E-state index in [1.807, 2.05) is 19.9 Å². The quantitative estimate of drug-likeness (QED) is 0.764. The van der Waals surface area contributed by atoms with Crippen molar-refractivity contribution in [3.63, 3.8) is 0 Å². The molecule has 1 saturated heterocycles. The van der Waals surface area contributed by atoms with Gasteiger partial charge in [0.15, 0.2) is 0 Å².